The van der Waals surface area contributed by atoms with Crippen LogP contribution in [0.1, 0.15) is 6.42 Å². The van der Waals surface area contributed by atoms with E-state index in [-0.39, 0.29) is 5.91 Å². The number of nitrogens with zero attached hydrogens (tertiary/aromatic N) is 1. The first-order valence-corrected chi connectivity index (χ1v) is 6.15. The highest BCUT2D eigenvalue weighted by molar-refractivity contribution is 5.90. The first kappa shape index (κ1) is 10.5. The summed E-state index contributed by atoms with van der Waals surface area (Å²) in [5.41, 5.74) is -0.910. The SMILES string of the molecule is O=C([O-])[C@@H]1[C@@H]2C=C[C@]3(O2)[C@@H]2OCCCN2C(=O)[C@@H]13. The van der Waals surface area contributed by atoms with E-state index in [2.05, 4.69) is 0 Å². The summed E-state index contributed by atoms with van der Waals surface area (Å²) in [6, 6.07) is 0. The summed E-state index contributed by atoms with van der Waals surface area (Å²) in [4.78, 5) is 25.2. The van der Waals surface area contributed by atoms with Crippen molar-refractivity contribution >= 4 is 11.9 Å². The molecule has 1 spiro atoms. The molecule has 3 fully saturated rings. The van der Waals surface area contributed by atoms with Gasteiger partial charge in [0.1, 0.15) is 5.60 Å². The Morgan fingerprint density at radius 3 is 3.17 bits per heavy atom. The highest BCUT2D eigenvalue weighted by Gasteiger charge is 2.70. The zero-order valence-corrected chi connectivity index (χ0v) is 9.57. The fourth-order valence-electron chi connectivity index (χ4n) is 3.73. The van der Waals surface area contributed by atoms with E-state index in [9.17, 15) is 14.7 Å². The monoisotopic (exact) mass is 250 g/mol. The summed E-state index contributed by atoms with van der Waals surface area (Å²) in [6.45, 7) is 1.17. The number of hydrogen-bond acceptors (Lipinski definition) is 5. The average molecular weight is 250 g/mol. The van der Waals surface area contributed by atoms with Crippen LogP contribution in [0.2, 0.25) is 0 Å². The van der Waals surface area contributed by atoms with Crippen molar-refractivity contribution in [3.8, 4) is 0 Å². The number of rotatable bonds is 1. The molecule has 0 aromatic heterocycles. The van der Waals surface area contributed by atoms with Gasteiger partial charge in [-0.3, -0.25) is 4.79 Å². The normalized spacial score (nSPS) is 48.4. The molecule has 4 aliphatic rings. The molecule has 4 rings (SSSR count). The largest absolute Gasteiger partial charge is 0.550 e. The van der Waals surface area contributed by atoms with Gasteiger partial charge in [-0.05, 0) is 12.5 Å². The molecule has 2 bridgehead atoms. The zero-order chi connectivity index (χ0) is 12.5. The summed E-state index contributed by atoms with van der Waals surface area (Å²) in [5.74, 6) is -2.98. The highest BCUT2D eigenvalue weighted by atomic mass is 16.6. The third-order valence-corrected chi connectivity index (χ3v) is 4.40. The molecular weight excluding hydrogens is 238 g/mol. The van der Waals surface area contributed by atoms with Gasteiger partial charge in [0.25, 0.3) is 0 Å². The van der Waals surface area contributed by atoms with E-state index in [1.807, 2.05) is 0 Å². The van der Waals surface area contributed by atoms with Crippen molar-refractivity contribution < 1.29 is 24.2 Å². The third kappa shape index (κ3) is 0.976. The van der Waals surface area contributed by atoms with E-state index in [1.165, 1.54) is 0 Å². The molecule has 0 N–H and O–H groups in total. The molecule has 3 saturated heterocycles. The Labute approximate surface area is 103 Å². The minimum atomic E-state index is -1.22. The third-order valence-electron chi connectivity index (χ3n) is 4.40. The molecule has 0 radical (unpaired) electrons. The Morgan fingerprint density at radius 2 is 2.39 bits per heavy atom. The molecular formula is C12H12NO5-. The zero-order valence-electron chi connectivity index (χ0n) is 9.57. The van der Waals surface area contributed by atoms with Crippen LogP contribution in [0.4, 0.5) is 0 Å². The number of carboxylic acids is 1. The topological polar surface area (TPSA) is 78.9 Å². The summed E-state index contributed by atoms with van der Waals surface area (Å²) in [6.07, 6.45) is 3.25. The number of carbonyl (C=O) groups excluding carboxylic acids is 2. The molecule has 0 saturated carbocycles. The van der Waals surface area contributed by atoms with E-state index >= 15 is 0 Å². The van der Waals surface area contributed by atoms with E-state index in [0.717, 1.165) is 6.42 Å². The fourth-order valence-corrected chi connectivity index (χ4v) is 3.73. The van der Waals surface area contributed by atoms with Gasteiger partial charge in [0, 0.05) is 18.4 Å². The molecule has 96 valence electrons. The minimum Gasteiger partial charge on any atom is -0.550 e. The van der Waals surface area contributed by atoms with Crippen molar-refractivity contribution in [2.45, 2.75) is 24.4 Å². The molecule has 4 heterocycles. The van der Waals surface area contributed by atoms with Crippen LogP contribution in [-0.2, 0) is 19.1 Å². The van der Waals surface area contributed by atoms with Crippen molar-refractivity contribution in [1.82, 2.24) is 4.90 Å². The maximum absolute atomic E-state index is 12.4. The minimum absolute atomic E-state index is 0.180. The molecule has 1 amide bonds. The molecule has 6 heteroatoms. The lowest BCUT2D eigenvalue weighted by Gasteiger charge is -2.36. The first-order valence-electron chi connectivity index (χ1n) is 6.15. The number of fused-ring (bicyclic) bond motifs is 2. The Balaban J connectivity index is 1.82. The molecule has 18 heavy (non-hydrogen) atoms. The summed E-state index contributed by atoms with van der Waals surface area (Å²) in [7, 11) is 0. The standard InChI is InChI=1S/C12H13NO5/c14-9-8-7(10(15)16)6-2-3-12(8,18-6)11-13(9)4-1-5-17-11/h2-3,6-8,11H,1,4-5H2,(H,15,16)/p-1/t6-,7+,8+,11-,12+/m0/s1. The number of carbonyl (C=O) groups is 2. The number of ether oxygens (including phenoxy) is 2. The second-order valence-electron chi connectivity index (χ2n) is 5.23. The summed E-state index contributed by atoms with van der Waals surface area (Å²) < 4.78 is 11.4. The number of hydrogen-bond donors (Lipinski definition) is 0. The molecule has 5 atom stereocenters. The first-order chi connectivity index (χ1) is 8.65. The highest BCUT2D eigenvalue weighted by Crippen LogP contribution is 2.55. The maximum Gasteiger partial charge on any atom is 0.232 e. The predicted octanol–water partition coefficient (Wildman–Crippen LogP) is -1.74. The number of aliphatic carboxylic acids is 1. The van der Waals surface area contributed by atoms with Gasteiger partial charge in [-0.1, -0.05) is 6.08 Å². The van der Waals surface area contributed by atoms with Crippen LogP contribution in [0.15, 0.2) is 12.2 Å². The van der Waals surface area contributed by atoms with Crippen molar-refractivity contribution in [2.24, 2.45) is 11.8 Å². The molecule has 0 unspecified atom stereocenters. The Bertz CT molecular complexity index is 475. The van der Waals surface area contributed by atoms with Crippen molar-refractivity contribution in [3.05, 3.63) is 12.2 Å². The second-order valence-corrected chi connectivity index (χ2v) is 5.23. The number of amides is 1. The van der Waals surface area contributed by atoms with Crippen molar-refractivity contribution in [2.75, 3.05) is 13.2 Å². The van der Waals surface area contributed by atoms with Gasteiger partial charge in [0.2, 0.25) is 5.91 Å². The lowest BCUT2D eigenvalue weighted by atomic mass is 9.76. The van der Waals surface area contributed by atoms with Crippen LogP contribution in [0.5, 0.6) is 0 Å². The average Bonchev–Trinajstić information content (AvgIpc) is 2.99. The van der Waals surface area contributed by atoms with Gasteiger partial charge in [-0.25, -0.2) is 0 Å². The van der Waals surface area contributed by atoms with Crippen LogP contribution < -0.4 is 5.11 Å². The molecule has 0 aliphatic carbocycles. The number of carboxylic acid groups (broad SMARTS) is 1. The molecule has 6 nitrogen and oxygen atoms in total. The quantitative estimate of drug-likeness (QED) is 0.516. The van der Waals surface area contributed by atoms with Crippen LogP contribution in [-0.4, -0.2) is 47.9 Å². The van der Waals surface area contributed by atoms with Crippen molar-refractivity contribution in [3.63, 3.8) is 0 Å². The molecule has 0 aromatic carbocycles. The van der Waals surface area contributed by atoms with Crippen molar-refractivity contribution in [1.29, 1.82) is 0 Å². The Morgan fingerprint density at radius 1 is 1.56 bits per heavy atom. The maximum atomic E-state index is 12.4. The lowest BCUT2D eigenvalue weighted by Crippen LogP contribution is -2.50. The van der Waals surface area contributed by atoms with Crippen LogP contribution in [0, 0.1) is 11.8 Å². The summed E-state index contributed by atoms with van der Waals surface area (Å²) >= 11 is 0. The Kier molecular flexibility index (Phi) is 1.83. The van der Waals surface area contributed by atoms with Crippen LogP contribution in [0.3, 0.4) is 0 Å². The smallest absolute Gasteiger partial charge is 0.232 e. The van der Waals surface area contributed by atoms with Gasteiger partial charge in [-0.15, -0.1) is 0 Å². The Hall–Kier alpha value is -1.40. The van der Waals surface area contributed by atoms with E-state index in [1.54, 1.807) is 17.1 Å². The van der Waals surface area contributed by atoms with Gasteiger partial charge < -0.3 is 24.3 Å². The van der Waals surface area contributed by atoms with Gasteiger partial charge >= 0.3 is 0 Å². The lowest BCUT2D eigenvalue weighted by molar-refractivity contribution is -0.313. The van der Waals surface area contributed by atoms with E-state index < -0.39 is 35.7 Å². The van der Waals surface area contributed by atoms with Gasteiger partial charge in [0.15, 0.2) is 6.23 Å². The van der Waals surface area contributed by atoms with Gasteiger partial charge in [-0.2, -0.15) is 0 Å². The molecule has 0 aromatic rings. The predicted molar refractivity (Wildman–Crippen MR) is 54.8 cm³/mol. The van der Waals surface area contributed by atoms with E-state index in [0.29, 0.717) is 13.2 Å². The van der Waals surface area contributed by atoms with Crippen LogP contribution in [0.25, 0.3) is 0 Å². The van der Waals surface area contributed by atoms with Crippen LogP contribution >= 0.6 is 0 Å². The van der Waals surface area contributed by atoms with Gasteiger partial charge in [0.05, 0.1) is 18.6 Å². The molecule has 4 aliphatic heterocycles. The van der Waals surface area contributed by atoms with E-state index in [4.69, 9.17) is 9.47 Å². The second kappa shape index (κ2) is 3.13. The summed E-state index contributed by atoms with van der Waals surface area (Å²) in [5, 5.41) is 11.2. The fraction of sp³-hybridized carbons (Fsp3) is 0.667.